The van der Waals surface area contributed by atoms with Crippen molar-refractivity contribution in [1.29, 1.82) is 0 Å². The summed E-state index contributed by atoms with van der Waals surface area (Å²) in [5.74, 6) is 0.151. The van der Waals surface area contributed by atoms with Crippen LogP contribution in [0.2, 0.25) is 0 Å². The molecule has 1 rings (SSSR count). The van der Waals surface area contributed by atoms with E-state index in [-0.39, 0.29) is 11.8 Å². The van der Waals surface area contributed by atoms with Gasteiger partial charge in [0.15, 0.2) is 9.84 Å². The summed E-state index contributed by atoms with van der Waals surface area (Å²) in [5.41, 5.74) is 7.05. The maximum atomic E-state index is 11.8. The summed E-state index contributed by atoms with van der Waals surface area (Å²) in [6.45, 7) is 3.81. The SMILES string of the molecule is CCCC(N)CCCc1cccc(S(=O)(=O)CC)c1. The van der Waals surface area contributed by atoms with Gasteiger partial charge in [0.1, 0.15) is 0 Å². The van der Waals surface area contributed by atoms with Crippen molar-refractivity contribution < 1.29 is 8.42 Å². The number of sulfone groups is 1. The Morgan fingerprint density at radius 1 is 1.21 bits per heavy atom. The summed E-state index contributed by atoms with van der Waals surface area (Å²) in [6.07, 6.45) is 5.08. The zero-order valence-electron chi connectivity index (χ0n) is 11.9. The molecule has 0 amide bonds. The van der Waals surface area contributed by atoms with Gasteiger partial charge in [-0.2, -0.15) is 0 Å². The van der Waals surface area contributed by atoms with E-state index in [1.54, 1.807) is 19.1 Å². The monoisotopic (exact) mass is 283 g/mol. The lowest BCUT2D eigenvalue weighted by molar-refractivity contribution is 0.539. The second kappa shape index (κ2) is 7.65. The lowest BCUT2D eigenvalue weighted by Crippen LogP contribution is -2.19. The number of rotatable bonds is 8. The van der Waals surface area contributed by atoms with Gasteiger partial charge in [-0.15, -0.1) is 0 Å². The van der Waals surface area contributed by atoms with Crippen molar-refractivity contribution in [2.45, 2.75) is 56.9 Å². The number of aryl methyl sites for hydroxylation is 1. The minimum Gasteiger partial charge on any atom is -0.328 e. The predicted octanol–water partition coefficient (Wildman–Crippen LogP) is 2.93. The summed E-state index contributed by atoms with van der Waals surface area (Å²) in [4.78, 5) is 0.436. The molecule has 1 aromatic rings. The van der Waals surface area contributed by atoms with Gasteiger partial charge < -0.3 is 5.73 Å². The van der Waals surface area contributed by atoms with E-state index in [4.69, 9.17) is 5.73 Å². The molecule has 0 spiro atoms. The van der Waals surface area contributed by atoms with Crippen molar-refractivity contribution in [2.75, 3.05) is 5.75 Å². The molecular formula is C15H25NO2S. The Labute approximate surface area is 117 Å². The Balaban J connectivity index is 2.59. The largest absolute Gasteiger partial charge is 0.328 e. The van der Waals surface area contributed by atoms with Crippen molar-refractivity contribution in [3.8, 4) is 0 Å². The Morgan fingerprint density at radius 3 is 2.58 bits per heavy atom. The molecule has 0 heterocycles. The normalized spacial score (nSPS) is 13.4. The van der Waals surface area contributed by atoms with Gasteiger partial charge in [-0.25, -0.2) is 8.42 Å². The molecule has 1 unspecified atom stereocenters. The van der Waals surface area contributed by atoms with Crippen molar-refractivity contribution in [3.63, 3.8) is 0 Å². The first-order valence-electron chi connectivity index (χ1n) is 7.07. The van der Waals surface area contributed by atoms with E-state index >= 15 is 0 Å². The van der Waals surface area contributed by atoms with Gasteiger partial charge >= 0.3 is 0 Å². The maximum Gasteiger partial charge on any atom is 0.178 e. The van der Waals surface area contributed by atoms with E-state index in [1.807, 2.05) is 12.1 Å². The molecular weight excluding hydrogens is 258 g/mol. The molecule has 1 aromatic carbocycles. The van der Waals surface area contributed by atoms with Crippen LogP contribution in [0.3, 0.4) is 0 Å². The van der Waals surface area contributed by atoms with Gasteiger partial charge in [0.25, 0.3) is 0 Å². The van der Waals surface area contributed by atoms with Crippen LogP contribution in [0.4, 0.5) is 0 Å². The van der Waals surface area contributed by atoms with Crippen LogP contribution in [0.15, 0.2) is 29.2 Å². The van der Waals surface area contributed by atoms with Crippen LogP contribution in [-0.2, 0) is 16.3 Å². The van der Waals surface area contributed by atoms with E-state index < -0.39 is 9.84 Å². The Hall–Kier alpha value is -0.870. The second-order valence-corrected chi connectivity index (χ2v) is 7.27. The van der Waals surface area contributed by atoms with Crippen LogP contribution in [0, 0.1) is 0 Å². The fraction of sp³-hybridized carbons (Fsp3) is 0.600. The van der Waals surface area contributed by atoms with E-state index in [0.717, 1.165) is 37.7 Å². The molecule has 0 saturated heterocycles. The molecule has 0 aliphatic heterocycles. The first kappa shape index (κ1) is 16.2. The third-order valence-corrected chi connectivity index (χ3v) is 5.07. The van der Waals surface area contributed by atoms with Crippen LogP contribution in [0.1, 0.15) is 45.1 Å². The molecule has 0 aliphatic carbocycles. The molecule has 108 valence electrons. The number of benzene rings is 1. The van der Waals surface area contributed by atoms with E-state index in [2.05, 4.69) is 6.92 Å². The van der Waals surface area contributed by atoms with Gasteiger partial charge in [0.05, 0.1) is 10.6 Å². The highest BCUT2D eigenvalue weighted by Crippen LogP contribution is 2.15. The molecule has 1 atom stereocenters. The lowest BCUT2D eigenvalue weighted by Gasteiger charge is -2.10. The predicted molar refractivity (Wildman–Crippen MR) is 80.0 cm³/mol. The zero-order valence-corrected chi connectivity index (χ0v) is 12.7. The van der Waals surface area contributed by atoms with E-state index in [9.17, 15) is 8.42 Å². The molecule has 0 bridgehead atoms. The molecule has 4 heteroatoms. The topological polar surface area (TPSA) is 60.2 Å². The summed E-state index contributed by atoms with van der Waals surface area (Å²) in [7, 11) is -3.10. The lowest BCUT2D eigenvalue weighted by atomic mass is 10.0. The second-order valence-electron chi connectivity index (χ2n) is 4.99. The quantitative estimate of drug-likeness (QED) is 0.798. The number of hydrogen-bond acceptors (Lipinski definition) is 3. The molecule has 0 aliphatic rings. The van der Waals surface area contributed by atoms with Crippen LogP contribution < -0.4 is 5.73 Å². The van der Waals surface area contributed by atoms with Gasteiger partial charge in [-0.1, -0.05) is 32.4 Å². The van der Waals surface area contributed by atoms with Gasteiger partial charge in [-0.3, -0.25) is 0 Å². The fourth-order valence-corrected chi connectivity index (χ4v) is 3.09. The summed E-state index contributed by atoms with van der Waals surface area (Å²) >= 11 is 0. The third kappa shape index (κ3) is 5.33. The Bertz CT molecular complexity index is 483. The van der Waals surface area contributed by atoms with Crippen molar-refractivity contribution >= 4 is 9.84 Å². The highest BCUT2D eigenvalue weighted by molar-refractivity contribution is 7.91. The van der Waals surface area contributed by atoms with E-state index in [0.29, 0.717) is 4.90 Å². The van der Waals surface area contributed by atoms with Crippen LogP contribution >= 0.6 is 0 Å². The van der Waals surface area contributed by atoms with Gasteiger partial charge in [-0.05, 0) is 43.4 Å². The molecule has 0 fully saturated rings. The molecule has 2 N–H and O–H groups in total. The summed E-state index contributed by atoms with van der Waals surface area (Å²) in [5, 5.41) is 0. The Kier molecular flexibility index (Phi) is 6.52. The fourth-order valence-electron chi connectivity index (χ4n) is 2.14. The molecule has 0 radical (unpaired) electrons. The Morgan fingerprint density at radius 2 is 1.95 bits per heavy atom. The standard InChI is InChI=1S/C15H25NO2S/c1-3-7-14(16)10-5-8-13-9-6-11-15(12-13)19(17,18)4-2/h6,9,11-12,14H,3-5,7-8,10,16H2,1-2H3. The maximum absolute atomic E-state index is 11.8. The van der Waals surface area contributed by atoms with Gasteiger partial charge in [0.2, 0.25) is 0 Å². The minimum atomic E-state index is -3.10. The van der Waals surface area contributed by atoms with Crippen molar-refractivity contribution in [3.05, 3.63) is 29.8 Å². The highest BCUT2D eigenvalue weighted by Gasteiger charge is 2.11. The number of nitrogens with two attached hydrogens (primary N) is 1. The minimum absolute atomic E-state index is 0.151. The van der Waals surface area contributed by atoms with Gasteiger partial charge in [0, 0.05) is 6.04 Å². The van der Waals surface area contributed by atoms with Crippen molar-refractivity contribution in [1.82, 2.24) is 0 Å². The first-order chi connectivity index (χ1) is 8.99. The average molecular weight is 283 g/mol. The third-order valence-electron chi connectivity index (χ3n) is 3.34. The summed E-state index contributed by atoms with van der Waals surface area (Å²) < 4.78 is 23.6. The molecule has 3 nitrogen and oxygen atoms in total. The zero-order chi connectivity index (χ0) is 14.3. The van der Waals surface area contributed by atoms with Crippen LogP contribution in [0.5, 0.6) is 0 Å². The molecule has 19 heavy (non-hydrogen) atoms. The van der Waals surface area contributed by atoms with Crippen molar-refractivity contribution in [2.24, 2.45) is 5.73 Å². The smallest absolute Gasteiger partial charge is 0.178 e. The van der Waals surface area contributed by atoms with Crippen LogP contribution in [0.25, 0.3) is 0 Å². The highest BCUT2D eigenvalue weighted by atomic mass is 32.2. The number of hydrogen-bond donors (Lipinski definition) is 1. The average Bonchev–Trinajstić information content (AvgIpc) is 2.39. The summed E-state index contributed by atoms with van der Waals surface area (Å²) in [6, 6.07) is 7.55. The van der Waals surface area contributed by atoms with Crippen LogP contribution in [-0.4, -0.2) is 20.2 Å². The molecule has 0 saturated carbocycles. The van der Waals surface area contributed by atoms with E-state index in [1.165, 1.54) is 0 Å². The molecule has 0 aromatic heterocycles. The first-order valence-corrected chi connectivity index (χ1v) is 8.72.